The van der Waals surface area contributed by atoms with Gasteiger partial charge in [0.25, 0.3) is 0 Å². The molecule has 0 atom stereocenters. The van der Waals surface area contributed by atoms with Gasteiger partial charge in [-0.25, -0.2) is 9.79 Å². The van der Waals surface area contributed by atoms with Gasteiger partial charge in [-0.1, -0.05) is 6.07 Å². The number of nitrogens with one attached hydrogen (secondary N) is 1. The number of ether oxygens (including phenoxy) is 2. The second-order valence-corrected chi connectivity index (χ2v) is 7.65. The molecule has 2 aromatic carbocycles. The Morgan fingerprint density at radius 1 is 1.06 bits per heavy atom. The number of guanidine groups is 2. The zero-order valence-corrected chi connectivity index (χ0v) is 18.8. The predicted octanol–water partition coefficient (Wildman–Crippen LogP) is 1.91. The van der Waals surface area contributed by atoms with E-state index in [9.17, 15) is 9.59 Å². The van der Waals surface area contributed by atoms with Crippen molar-refractivity contribution in [2.24, 2.45) is 21.5 Å². The van der Waals surface area contributed by atoms with Crippen LogP contribution in [0, 0.1) is 0 Å². The molecule has 1 aliphatic heterocycles. The van der Waals surface area contributed by atoms with Crippen molar-refractivity contribution in [2.45, 2.75) is 19.5 Å². The fourth-order valence-electron chi connectivity index (χ4n) is 3.25. The number of carboxylic acids is 1. The predicted molar refractivity (Wildman–Crippen MR) is 129 cm³/mol. The summed E-state index contributed by atoms with van der Waals surface area (Å²) in [6, 6.07) is 14.0. The maximum Gasteiger partial charge on any atom is 0.328 e. The molecule has 0 saturated carbocycles. The number of rotatable bonds is 9. The van der Waals surface area contributed by atoms with Crippen LogP contribution in [0.3, 0.4) is 0 Å². The minimum absolute atomic E-state index is 0.133. The molecule has 0 bridgehead atoms. The number of nitrogens with two attached hydrogens (primary N) is 2. The molecular formula is C23H26N6O5. The van der Waals surface area contributed by atoms with Crippen molar-refractivity contribution < 1.29 is 24.2 Å². The molecule has 1 heterocycles. The van der Waals surface area contributed by atoms with E-state index in [2.05, 4.69) is 15.3 Å². The lowest BCUT2D eigenvalue weighted by Crippen LogP contribution is -2.54. The number of benzene rings is 2. The highest BCUT2D eigenvalue weighted by molar-refractivity contribution is 6.05. The first-order chi connectivity index (χ1) is 16.1. The lowest BCUT2D eigenvalue weighted by molar-refractivity contribution is -0.131. The number of hydrogen-bond donors (Lipinski definition) is 4. The van der Waals surface area contributed by atoms with Gasteiger partial charge in [0.15, 0.2) is 0 Å². The van der Waals surface area contributed by atoms with Crippen molar-refractivity contribution in [1.29, 1.82) is 0 Å². The molecule has 0 spiro atoms. The van der Waals surface area contributed by atoms with Gasteiger partial charge in [-0.3, -0.25) is 9.69 Å². The summed E-state index contributed by atoms with van der Waals surface area (Å²) in [5, 5.41) is 11.1. The highest BCUT2D eigenvalue weighted by Crippen LogP contribution is 2.29. The van der Waals surface area contributed by atoms with E-state index in [0.29, 0.717) is 23.8 Å². The standard InChI is InChI=1S/C23H26N6O5/c1-23(2)28-21(24)27-22(25)29(23)16-4-3-5-18(14-16)34-13-12-33-17-8-6-15(7-9-17)26-19(30)10-11-20(31)32/h3-11,14H,12-13H2,1-2H3,(H,26,30)(H,31,32)(H4,24,25,27,28)/b11-10+. The number of carbonyl (C=O) groups excluding carboxylic acids is 1. The van der Waals surface area contributed by atoms with E-state index in [4.69, 9.17) is 26.0 Å². The number of aliphatic carboxylic acids is 1. The zero-order valence-electron chi connectivity index (χ0n) is 18.8. The molecule has 178 valence electrons. The third-order valence-electron chi connectivity index (χ3n) is 4.59. The fraction of sp³-hybridized carbons (Fsp3) is 0.217. The van der Waals surface area contributed by atoms with Crippen LogP contribution in [0.5, 0.6) is 11.5 Å². The second kappa shape index (κ2) is 10.4. The van der Waals surface area contributed by atoms with Crippen LogP contribution in [-0.4, -0.2) is 47.8 Å². The van der Waals surface area contributed by atoms with Gasteiger partial charge < -0.3 is 31.4 Å². The highest BCUT2D eigenvalue weighted by atomic mass is 16.5. The molecule has 2 aromatic rings. The summed E-state index contributed by atoms with van der Waals surface area (Å²) in [5.74, 6) is -0.140. The molecule has 1 amide bonds. The van der Waals surface area contributed by atoms with E-state index in [1.165, 1.54) is 0 Å². The Morgan fingerprint density at radius 2 is 1.74 bits per heavy atom. The van der Waals surface area contributed by atoms with Crippen LogP contribution in [0.1, 0.15) is 13.8 Å². The van der Waals surface area contributed by atoms with Gasteiger partial charge in [0.1, 0.15) is 30.4 Å². The lowest BCUT2D eigenvalue weighted by Gasteiger charge is -2.38. The van der Waals surface area contributed by atoms with Crippen LogP contribution < -0.4 is 31.2 Å². The van der Waals surface area contributed by atoms with Crippen LogP contribution in [0.2, 0.25) is 0 Å². The van der Waals surface area contributed by atoms with Crippen LogP contribution in [0.25, 0.3) is 0 Å². The number of aliphatic imine (C=N–C) groups is 2. The Bertz CT molecular complexity index is 1140. The molecule has 11 heteroatoms. The van der Waals surface area contributed by atoms with Crippen molar-refractivity contribution in [1.82, 2.24) is 0 Å². The number of anilines is 2. The highest BCUT2D eigenvalue weighted by Gasteiger charge is 2.33. The Kier molecular flexibility index (Phi) is 7.36. The fourth-order valence-corrected chi connectivity index (χ4v) is 3.25. The van der Waals surface area contributed by atoms with E-state index < -0.39 is 17.5 Å². The molecule has 0 saturated heterocycles. The molecule has 11 nitrogen and oxygen atoms in total. The van der Waals surface area contributed by atoms with Gasteiger partial charge in [-0.05, 0) is 50.2 Å². The van der Waals surface area contributed by atoms with Crippen LogP contribution >= 0.6 is 0 Å². The van der Waals surface area contributed by atoms with E-state index in [0.717, 1.165) is 17.8 Å². The zero-order chi connectivity index (χ0) is 24.7. The van der Waals surface area contributed by atoms with Crippen molar-refractivity contribution in [3.05, 3.63) is 60.7 Å². The first kappa shape index (κ1) is 24.1. The maximum atomic E-state index is 11.6. The molecule has 6 N–H and O–H groups in total. The molecular weight excluding hydrogens is 440 g/mol. The summed E-state index contributed by atoms with van der Waals surface area (Å²) >= 11 is 0. The second-order valence-electron chi connectivity index (χ2n) is 7.65. The summed E-state index contributed by atoms with van der Waals surface area (Å²) in [6.45, 7) is 4.34. The smallest absolute Gasteiger partial charge is 0.328 e. The van der Waals surface area contributed by atoms with Gasteiger partial charge in [0, 0.05) is 29.6 Å². The van der Waals surface area contributed by atoms with Crippen molar-refractivity contribution in [3.8, 4) is 11.5 Å². The van der Waals surface area contributed by atoms with Gasteiger partial charge in [0.2, 0.25) is 17.8 Å². The summed E-state index contributed by atoms with van der Waals surface area (Å²) in [6.07, 6.45) is 1.71. The van der Waals surface area contributed by atoms with Gasteiger partial charge in [-0.15, -0.1) is 0 Å². The topological polar surface area (TPSA) is 165 Å². The largest absolute Gasteiger partial charge is 0.490 e. The summed E-state index contributed by atoms with van der Waals surface area (Å²) in [7, 11) is 0. The van der Waals surface area contributed by atoms with E-state index >= 15 is 0 Å². The van der Waals surface area contributed by atoms with E-state index in [1.54, 1.807) is 29.2 Å². The number of hydrogen-bond acceptors (Lipinski definition) is 9. The number of carboxylic acid groups (broad SMARTS) is 1. The Labute approximate surface area is 196 Å². The van der Waals surface area contributed by atoms with Crippen LogP contribution in [0.15, 0.2) is 70.7 Å². The van der Waals surface area contributed by atoms with Gasteiger partial charge in [-0.2, -0.15) is 4.99 Å². The summed E-state index contributed by atoms with van der Waals surface area (Å²) in [5.41, 5.74) is 12.4. The Balaban J connectivity index is 1.51. The third-order valence-corrected chi connectivity index (χ3v) is 4.59. The molecule has 34 heavy (non-hydrogen) atoms. The lowest BCUT2D eigenvalue weighted by atomic mass is 10.1. The average Bonchev–Trinajstić information content (AvgIpc) is 2.75. The average molecular weight is 466 g/mol. The summed E-state index contributed by atoms with van der Waals surface area (Å²) in [4.78, 5) is 32.2. The SMILES string of the molecule is CC1(C)N=C(N)N=C(N)N1c1cccc(OCCOc2ccc(NC(=O)/C=C/C(=O)O)cc2)c1. The quantitative estimate of drug-likeness (QED) is 0.321. The van der Waals surface area contributed by atoms with Crippen molar-refractivity contribution >= 4 is 35.2 Å². The number of amides is 1. The maximum absolute atomic E-state index is 11.6. The molecule has 0 aromatic heterocycles. The first-order valence-corrected chi connectivity index (χ1v) is 10.3. The normalized spacial score (nSPS) is 14.8. The minimum Gasteiger partial charge on any atom is -0.490 e. The minimum atomic E-state index is -1.19. The van der Waals surface area contributed by atoms with Gasteiger partial charge in [0.05, 0.1) is 0 Å². The molecule has 0 fully saturated rings. The van der Waals surface area contributed by atoms with Crippen LogP contribution in [-0.2, 0) is 9.59 Å². The van der Waals surface area contributed by atoms with E-state index in [-0.39, 0.29) is 18.5 Å². The van der Waals surface area contributed by atoms with Crippen LogP contribution in [0.4, 0.5) is 11.4 Å². The first-order valence-electron chi connectivity index (χ1n) is 10.3. The Hall–Kier alpha value is -4.54. The molecule has 3 rings (SSSR count). The summed E-state index contributed by atoms with van der Waals surface area (Å²) < 4.78 is 11.5. The van der Waals surface area contributed by atoms with Crippen molar-refractivity contribution in [2.75, 3.05) is 23.4 Å². The molecule has 1 aliphatic rings. The molecule has 0 unspecified atom stereocenters. The van der Waals surface area contributed by atoms with Gasteiger partial charge >= 0.3 is 5.97 Å². The molecule has 0 aliphatic carbocycles. The number of nitrogens with zero attached hydrogens (tertiary/aromatic N) is 3. The third kappa shape index (κ3) is 6.48. The Morgan fingerprint density at radius 3 is 2.38 bits per heavy atom. The monoisotopic (exact) mass is 466 g/mol. The number of carbonyl (C=O) groups is 2. The molecule has 0 radical (unpaired) electrons. The van der Waals surface area contributed by atoms with Crippen molar-refractivity contribution in [3.63, 3.8) is 0 Å². The van der Waals surface area contributed by atoms with E-state index in [1.807, 2.05) is 38.1 Å².